The van der Waals surface area contributed by atoms with Crippen LogP contribution in [-0.2, 0) is 0 Å². The van der Waals surface area contributed by atoms with Gasteiger partial charge in [0.2, 0.25) is 0 Å². The number of nitrogens with zero attached hydrogens (tertiary/aromatic N) is 2. The zero-order chi connectivity index (χ0) is 16.2. The molecule has 23 heavy (non-hydrogen) atoms. The van der Waals surface area contributed by atoms with Gasteiger partial charge in [-0.15, -0.1) is 11.3 Å². The molecule has 1 heterocycles. The lowest BCUT2D eigenvalue weighted by atomic mass is 10.2. The summed E-state index contributed by atoms with van der Waals surface area (Å²) in [5, 5.41) is 15.7. The van der Waals surface area contributed by atoms with Gasteiger partial charge in [-0.1, -0.05) is 30.3 Å². The third-order valence-electron chi connectivity index (χ3n) is 3.09. The number of carbonyl (C=O) groups excluding carboxylic acids is 1. The first-order valence-electron chi connectivity index (χ1n) is 6.70. The van der Waals surface area contributed by atoms with Gasteiger partial charge < -0.3 is 5.32 Å². The van der Waals surface area contributed by atoms with Crippen molar-refractivity contribution >= 4 is 28.6 Å². The quantitative estimate of drug-likeness (QED) is 0.581. The Kier molecular flexibility index (Phi) is 4.11. The van der Waals surface area contributed by atoms with Crippen LogP contribution in [0.3, 0.4) is 0 Å². The average Bonchev–Trinajstić information content (AvgIpc) is 3.06. The Labute approximate surface area is 135 Å². The van der Waals surface area contributed by atoms with Crippen molar-refractivity contribution in [1.82, 2.24) is 4.98 Å². The maximum Gasteiger partial charge on any atom is 0.275 e. The van der Waals surface area contributed by atoms with E-state index in [1.54, 1.807) is 5.38 Å². The van der Waals surface area contributed by atoms with Gasteiger partial charge in [-0.2, -0.15) is 0 Å². The number of carbonyl (C=O) groups is 1. The van der Waals surface area contributed by atoms with E-state index in [0.717, 1.165) is 10.6 Å². The Hall–Kier alpha value is -3.06. The minimum atomic E-state index is -0.488. The van der Waals surface area contributed by atoms with E-state index >= 15 is 0 Å². The molecule has 3 rings (SSSR count). The third-order valence-corrected chi connectivity index (χ3v) is 3.98. The number of non-ortho nitro benzene ring substituents is 1. The second kappa shape index (κ2) is 6.37. The fourth-order valence-electron chi connectivity index (χ4n) is 1.95. The molecule has 0 saturated carbocycles. The van der Waals surface area contributed by atoms with E-state index in [-0.39, 0.29) is 11.6 Å². The zero-order valence-electron chi connectivity index (χ0n) is 11.8. The van der Waals surface area contributed by atoms with Crippen LogP contribution in [0.15, 0.2) is 60.0 Å². The van der Waals surface area contributed by atoms with Crippen molar-refractivity contribution in [3.8, 4) is 10.6 Å². The first-order valence-corrected chi connectivity index (χ1v) is 7.58. The zero-order valence-corrected chi connectivity index (χ0v) is 12.6. The lowest BCUT2D eigenvalue weighted by Crippen LogP contribution is -2.12. The molecule has 6 nitrogen and oxygen atoms in total. The number of anilines is 1. The summed E-state index contributed by atoms with van der Waals surface area (Å²) in [6.45, 7) is 0. The molecule has 114 valence electrons. The molecule has 0 atom stereocenters. The second-order valence-corrected chi connectivity index (χ2v) is 5.52. The summed E-state index contributed by atoms with van der Waals surface area (Å²) >= 11 is 1.39. The van der Waals surface area contributed by atoms with E-state index in [2.05, 4.69) is 10.3 Å². The van der Waals surface area contributed by atoms with Crippen LogP contribution >= 0.6 is 11.3 Å². The highest BCUT2D eigenvalue weighted by Crippen LogP contribution is 2.24. The topological polar surface area (TPSA) is 85.1 Å². The summed E-state index contributed by atoms with van der Waals surface area (Å²) in [6, 6.07) is 15.2. The van der Waals surface area contributed by atoms with Gasteiger partial charge in [0.05, 0.1) is 4.92 Å². The molecule has 0 bridgehead atoms. The molecular weight excluding hydrogens is 314 g/mol. The average molecular weight is 325 g/mol. The summed E-state index contributed by atoms with van der Waals surface area (Å²) in [5.74, 6) is -0.350. The Morgan fingerprint density at radius 2 is 1.78 bits per heavy atom. The molecule has 0 fully saturated rings. The van der Waals surface area contributed by atoms with Crippen LogP contribution in [0.25, 0.3) is 10.6 Å². The Morgan fingerprint density at radius 1 is 1.09 bits per heavy atom. The SMILES string of the molecule is O=C(Nc1ccc([N+](=O)[O-])cc1)c1csc(-c2ccccc2)n1. The van der Waals surface area contributed by atoms with Gasteiger partial charge in [0, 0.05) is 28.8 Å². The van der Waals surface area contributed by atoms with Crippen molar-refractivity contribution in [3.63, 3.8) is 0 Å². The minimum absolute atomic E-state index is 0.0250. The largest absolute Gasteiger partial charge is 0.321 e. The number of thiazole rings is 1. The van der Waals surface area contributed by atoms with Crippen LogP contribution < -0.4 is 5.32 Å². The van der Waals surface area contributed by atoms with Gasteiger partial charge in [0.1, 0.15) is 10.7 Å². The molecule has 0 aliphatic rings. The van der Waals surface area contributed by atoms with Crippen molar-refractivity contribution in [2.75, 3.05) is 5.32 Å². The van der Waals surface area contributed by atoms with Gasteiger partial charge in [-0.25, -0.2) is 4.98 Å². The van der Waals surface area contributed by atoms with Crippen molar-refractivity contribution in [3.05, 3.63) is 75.8 Å². The lowest BCUT2D eigenvalue weighted by molar-refractivity contribution is -0.384. The van der Waals surface area contributed by atoms with Crippen molar-refractivity contribution in [2.45, 2.75) is 0 Å². The molecular formula is C16H11N3O3S. The standard InChI is InChI=1S/C16H11N3O3S/c20-15(17-12-6-8-13(9-7-12)19(21)22)14-10-23-16(18-14)11-4-2-1-3-5-11/h1-10H,(H,17,20). The van der Waals surface area contributed by atoms with Gasteiger partial charge in [-0.3, -0.25) is 14.9 Å². The molecule has 2 aromatic carbocycles. The summed E-state index contributed by atoms with van der Waals surface area (Å²) in [7, 11) is 0. The number of benzene rings is 2. The van der Waals surface area contributed by atoms with E-state index in [0.29, 0.717) is 11.4 Å². The van der Waals surface area contributed by atoms with Crippen LogP contribution in [0.4, 0.5) is 11.4 Å². The molecule has 0 spiro atoms. The highest BCUT2D eigenvalue weighted by atomic mass is 32.1. The molecule has 0 saturated heterocycles. The highest BCUT2D eigenvalue weighted by Gasteiger charge is 2.12. The first kappa shape index (κ1) is 14.9. The number of hydrogen-bond donors (Lipinski definition) is 1. The van der Waals surface area contributed by atoms with Crippen LogP contribution in [0.1, 0.15) is 10.5 Å². The van der Waals surface area contributed by atoms with Crippen molar-refractivity contribution in [2.24, 2.45) is 0 Å². The summed E-state index contributed by atoms with van der Waals surface area (Å²) in [6.07, 6.45) is 0. The summed E-state index contributed by atoms with van der Waals surface area (Å²) < 4.78 is 0. The van der Waals surface area contributed by atoms with E-state index < -0.39 is 4.92 Å². The number of aromatic nitrogens is 1. The maximum absolute atomic E-state index is 12.2. The number of nitrogens with one attached hydrogen (secondary N) is 1. The van der Waals surface area contributed by atoms with Crippen molar-refractivity contribution in [1.29, 1.82) is 0 Å². The number of nitro groups is 1. The van der Waals surface area contributed by atoms with E-state index in [1.165, 1.54) is 35.6 Å². The fraction of sp³-hybridized carbons (Fsp3) is 0. The minimum Gasteiger partial charge on any atom is -0.321 e. The van der Waals surface area contributed by atoms with Crippen LogP contribution in [0.2, 0.25) is 0 Å². The molecule has 0 unspecified atom stereocenters. The molecule has 1 amide bonds. The van der Waals surface area contributed by atoms with Crippen LogP contribution in [0.5, 0.6) is 0 Å². The molecule has 1 N–H and O–H groups in total. The lowest BCUT2D eigenvalue weighted by Gasteiger charge is -2.02. The van der Waals surface area contributed by atoms with E-state index in [4.69, 9.17) is 0 Å². The molecule has 3 aromatic rings. The predicted molar refractivity (Wildman–Crippen MR) is 88.6 cm³/mol. The smallest absolute Gasteiger partial charge is 0.275 e. The molecule has 0 aliphatic carbocycles. The number of hydrogen-bond acceptors (Lipinski definition) is 5. The number of amides is 1. The summed E-state index contributed by atoms with van der Waals surface area (Å²) in [5.41, 5.74) is 1.72. The maximum atomic E-state index is 12.2. The molecule has 0 radical (unpaired) electrons. The summed E-state index contributed by atoms with van der Waals surface area (Å²) in [4.78, 5) is 26.6. The van der Waals surface area contributed by atoms with Gasteiger partial charge in [-0.05, 0) is 12.1 Å². The number of nitro benzene ring substituents is 1. The van der Waals surface area contributed by atoms with E-state index in [1.807, 2.05) is 30.3 Å². The third kappa shape index (κ3) is 3.41. The van der Waals surface area contributed by atoms with Crippen molar-refractivity contribution < 1.29 is 9.72 Å². The van der Waals surface area contributed by atoms with Gasteiger partial charge >= 0.3 is 0 Å². The van der Waals surface area contributed by atoms with Crippen LogP contribution in [0, 0.1) is 10.1 Å². The Balaban J connectivity index is 1.74. The van der Waals surface area contributed by atoms with Gasteiger partial charge in [0.15, 0.2) is 0 Å². The highest BCUT2D eigenvalue weighted by molar-refractivity contribution is 7.13. The number of rotatable bonds is 4. The second-order valence-electron chi connectivity index (χ2n) is 4.66. The monoisotopic (exact) mass is 325 g/mol. The molecule has 7 heteroatoms. The Morgan fingerprint density at radius 3 is 2.43 bits per heavy atom. The van der Waals surface area contributed by atoms with Crippen LogP contribution in [-0.4, -0.2) is 15.8 Å². The molecule has 1 aromatic heterocycles. The van der Waals surface area contributed by atoms with E-state index in [9.17, 15) is 14.9 Å². The fourth-order valence-corrected chi connectivity index (χ4v) is 2.76. The van der Waals surface area contributed by atoms with Gasteiger partial charge in [0.25, 0.3) is 11.6 Å². The molecule has 0 aliphatic heterocycles. The Bertz CT molecular complexity index is 845. The predicted octanol–water partition coefficient (Wildman–Crippen LogP) is 3.97. The first-order chi connectivity index (χ1) is 11.1. The normalized spacial score (nSPS) is 10.3.